The van der Waals surface area contributed by atoms with E-state index in [-0.39, 0.29) is 19.8 Å². The largest absolute Gasteiger partial charge is 0.463 e. The summed E-state index contributed by atoms with van der Waals surface area (Å²) in [5.74, 6) is -2.64. The van der Waals surface area contributed by atoms with Crippen molar-refractivity contribution in [1.82, 2.24) is 5.32 Å². The second kappa shape index (κ2) is 19.4. The van der Waals surface area contributed by atoms with Crippen LogP contribution in [0.2, 0.25) is 0 Å². The molecule has 3 heterocycles. The number of ether oxygens (including phenoxy) is 10. The second-order valence-electron chi connectivity index (χ2n) is 13.6. The van der Waals surface area contributed by atoms with Gasteiger partial charge in [0.1, 0.15) is 43.2 Å². The molecule has 0 saturated carbocycles. The van der Waals surface area contributed by atoms with Crippen LogP contribution in [0.1, 0.15) is 50.7 Å². The molecule has 3 aliphatic rings. The van der Waals surface area contributed by atoms with Crippen LogP contribution in [0.3, 0.4) is 0 Å². The summed E-state index contributed by atoms with van der Waals surface area (Å²) in [5.41, 5.74) is 2.50. The van der Waals surface area contributed by atoms with Crippen LogP contribution in [0.4, 0.5) is 0 Å². The summed E-state index contributed by atoms with van der Waals surface area (Å²) in [4.78, 5) is 49.7. The van der Waals surface area contributed by atoms with E-state index in [9.17, 15) is 19.2 Å². The molecule has 300 valence electrons. The predicted molar refractivity (Wildman–Crippen MR) is 194 cm³/mol. The van der Waals surface area contributed by atoms with E-state index in [2.05, 4.69) is 5.32 Å². The first-order chi connectivity index (χ1) is 27.0. The summed E-state index contributed by atoms with van der Waals surface area (Å²) in [5, 5.41) is 2.76. The van der Waals surface area contributed by atoms with Gasteiger partial charge in [-0.3, -0.25) is 19.2 Å². The molecule has 56 heavy (non-hydrogen) atoms. The van der Waals surface area contributed by atoms with Crippen LogP contribution in [-0.2, 0) is 79.8 Å². The molecule has 6 rings (SSSR count). The molecule has 0 spiro atoms. The van der Waals surface area contributed by atoms with Gasteiger partial charge in [0.2, 0.25) is 5.91 Å². The van der Waals surface area contributed by atoms with Crippen molar-refractivity contribution >= 4 is 23.8 Å². The van der Waals surface area contributed by atoms with Crippen molar-refractivity contribution in [1.29, 1.82) is 0 Å². The Hall–Kier alpha value is -4.74. The van der Waals surface area contributed by atoms with Gasteiger partial charge in [-0.25, -0.2) is 0 Å². The van der Waals surface area contributed by atoms with Crippen molar-refractivity contribution in [3.63, 3.8) is 0 Å². The van der Waals surface area contributed by atoms with Gasteiger partial charge in [-0.1, -0.05) is 91.0 Å². The van der Waals surface area contributed by atoms with Crippen LogP contribution in [0.25, 0.3) is 0 Å². The molecule has 3 saturated heterocycles. The molecule has 11 atom stereocenters. The molecule has 0 unspecified atom stereocenters. The Morgan fingerprint density at radius 3 is 1.82 bits per heavy atom. The van der Waals surface area contributed by atoms with E-state index in [0.717, 1.165) is 16.7 Å². The highest BCUT2D eigenvalue weighted by atomic mass is 16.8. The van der Waals surface area contributed by atoms with Gasteiger partial charge in [0, 0.05) is 33.3 Å². The summed E-state index contributed by atoms with van der Waals surface area (Å²) < 4.78 is 62.4. The number of hydrogen-bond acceptors (Lipinski definition) is 14. The zero-order valence-corrected chi connectivity index (χ0v) is 31.6. The van der Waals surface area contributed by atoms with Crippen LogP contribution in [-0.4, -0.2) is 98.4 Å². The molecular formula is C41H47NO14. The fourth-order valence-corrected chi connectivity index (χ4v) is 6.88. The third-order valence-corrected chi connectivity index (χ3v) is 9.26. The van der Waals surface area contributed by atoms with Crippen LogP contribution in [0, 0.1) is 0 Å². The summed E-state index contributed by atoms with van der Waals surface area (Å²) in [7, 11) is 0. The van der Waals surface area contributed by atoms with E-state index in [4.69, 9.17) is 47.4 Å². The molecule has 1 N–H and O–H groups in total. The summed E-state index contributed by atoms with van der Waals surface area (Å²) >= 11 is 0. The third kappa shape index (κ3) is 10.8. The van der Waals surface area contributed by atoms with Crippen molar-refractivity contribution in [2.24, 2.45) is 0 Å². The molecule has 15 heteroatoms. The van der Waals surface area contributed by atoms with Gasteiger partial charge >= 0.3 is 17.9 Å². The lowest BCUT2D eigenvalue weighted by molar-refractivity contribution is -0.393. The minimum Gasteiger partial charge on any atom is -0.463 e. The van der Waals surface area contributed by atoms with Gasteiger partial charge in [-0.2, -0.15) is 0 Å². The zero-order valence-electron chi connectivity index (χ0n) is 31.6. The van der Waals surface area contributed by atoms with Crippen LogP contribution in [0.5, 0.6) is 0 Å². The quantitative estimate of drug-likeness (QED) is 0.186. The lowest BCUT2D eigenvalue weighted by Gasteiger charge is -2.51. The lowest BCUT2D eigenvalue weighted by atomic mass is 9.94. The first-order valence-corrected chi connectivity index (χ1v) is 18.4. The van der Waals surface area contributed by atoms with Gasteiger partial charge in [0.25, 0.3) is 0 Å². The van der Waals surface area contributed by atoms with Crippen molar-refractivity contribution in [3.05, 3.63) is 108 Å². The lowest BCUT2D eigenvalue weighted by Crippen LogP contribution is -2.69. The third-order valence-electron chi connectivity index (χ3n) is 9.26. The monoisotopic (exact) mass is 777 g/mol. The smallest absolute Gasteiger partial charge is 0.303 e. The molecule has 0 radical (unpaired) electrons. The Labute approximate surface area is 324 Å². The Balaban J connectivity index is 1.40. The van der Waals surface area contributed by atoms with Crippen LogP contribution in [0.15, 0.2) is 91.0 Å². The van der Waals surface area contributed by atoms with E-state index in [1.165, 1.54) is 27.7 Å². The number of fused-ring (bicyclic) bond motifs is 1. The molecule has 0 aromatic heterocycles. The topological polar surface area (TPSA) is 173 Å². The Morgan fingerprint density at radius 1 is 0.643 bits per heavy atom. The molecule has 3 aliphatic heterocycles. The van der Waals surface area contributed by atoms with E-state index in [1.807, 2.05) is 91.0 Å². The number of nitrogens with one attached hydrogen (secondary N) is 1. The number of carbonyl (C=O) groups excluding carboxylic acids is 4. The maximum atomic E-state index is 12.8. The molecule has 3 aromatic carbocycles. The first kappa shape index (κ1) is 40.9. The average Bonchev–Trinajstić information content (AvgIpc) is 3.18. The normalized spacial score (nSPS) is 30.0. The zero-order chi connectivity index (χ0) is 39.6. The fourth-order valence-electron chi connectivity index (χ4n) is 6.88. The Kier molecular flexibility index (Phi) is 14.2. The highest BCUT2D eigenvalue weighted by Crippen LogP contribution is 2.39. The van der Waals surface area contributed by atoms with E-state index < -0.39 is 98.1 Å². The summed E-state index contributed by atoms with van der Waals surface area (Å²) in [6.07, 6.45) is -10.8. The number of benzene rings is 3. The molecule has 15 nitrogen and oxygen atoms in total. The van der Waals surface area contributed by atoms with Gasteiger partial charge in [0.15, 0.2) is 31.1 Å². The predicted octanol–water partition coefficient (Wildman–Crippen LogP) is 3.67. The SMILES string of the molecule is CC(=O)N[C@H]1[C@H](O[C@@H]2[C@@H](OCc3ccccc3)O[C@@H]3CO[C@@H](c4ccccc4)O[C@H]3[C@@H]2OCc2ccccc2)O[C@H](COC(C)=O)[C@@H](OC(C)=O)[C@@H]1OC(C)=O. The first-order valence-electron chi connectivity index (χ1n) is 18.4. The second-order valence-corrected chi connectivity index (χ2v) is 13.6. The van der Waals surface area contributed by atoms with Crippen LogP contribution < -0.4 is 5.32 Å². The molecule has 3 fully saturated rings. The Bertz CT molecular complexity index is 1750. The maximum Gasteiger partial charge on any atom is 0.303 e. The van der Waals surface area contributed by atoms with Gasteiger partial charge in [-0.15, -0.1) is 0 Å². The molecule has 0 bridgehead atoms. The number of carbonyl (C=O) groups is 4. The Morgan fingerprint density at radius 2 is 1.23 bits per heavy atom. The van der Waals surface area contributed by atoms with Gasteiger partial charge in [-0.05, 0) is 11.1 Å². The number of hydrogen-bond donors (Lipinski definition) is 1. The minimum atomic E-state index is -1.45. The van der Waals surface area contributed by atoms with Crippen molar-refractivity contribution in [2.75, 3.05) is 13.2 Å². The number of amides is 1. The molecule has 3 aromatic rings. The van der Waals surface area contributed by atoms with Crippen molar-refractivity contribution in [2.45, 2.75) is 109 Å². The van der Waals surface area contributed by atoms with E-state index >= 15 is 0 Å². The highest BCUT2D eigenvalue weighted by Gasteiger charge is 2.56. The van der Waals surface area contributed by atoms with Gasteiger partial charge in [0.05, 0.1) is 19.8 Å². The maximum absolute atomic E-state index is 12.8. The number of esters is 3. The highest BCUT2D eigenvalue weighted by molar-refractivity contribution is 5.73. The van der Waals surface area contributed by atoms with Crippen molar-refractivity contribution in [3.8, 4) is 0 Å². The molecule has 0 aliphatic carbocycles. The minimum absolute atomic E-state index is 0.114. The summed E-state index contributed by atoms with van der Waals surface area (Å²) in [6, 6.07) is 27.2. The van der Waals surface area contributed by atoms with Crippen LogP contribution >= 0.6 is 0 Å². The fraction of sp³-hybridized carbons (Fsp3) is 0.463. The number of rotatable bonds is 14. The van der Waals surface area contributed by atoms with Crippen molar-refractivity contribution < 1.29 is 66.5 Å². The average molecular weight is 778 g/mol. The molecule has 1 amide bonds. The van der Waals surface area contributed by atoms with E-state index in [0.29, 0.717) is 0 Å². The molecular weight excluding hydrogens is 730 g/mol. The standard InChI is InChI=1S/C41H47NO14/c1-24(43)42-33-36(52-27(4)46)34(51-26(3)45)31(22-47-25(2)44)53-40(33)56-38-37(48-20-28-14-8-5-9-15-28)35-32(23-50-39(55-35)30-18-12-7-13-19-30)54-41(38)49-21-29-16-10-6-11-17-29/h5-19,31-41H,20-23H2,1-4H3,(H,42,43)/t31-,32-,33-,34-,35-,36-,37+,38+,39-,40+,41+/m1/s1. The summed E-state index contributed by atoms with van der Waals surface area (Å²) in [6.45, 7) is 4.78. The van der Waals surface area contributed by atoms with Gasteiger partial charge < -0.3 is 52.7 Å². The van der Waals surface area contributed by atoms with E-state index in [1.54, 1.807) is 0 Å².